The molecule has 0 aliphatic carbocycles. The van der Waals surface area contributed by atoms with Gasteiger partial charge in [0.1, 0.15) is 11.2 Å². The fourth-order valence-corrected chi connectivity index (χ4v) is 1.03. The van der Waals surface area contributed by atoms with Gasteiger partial charge >= 0.3 is 16.2 Å². The molecule has 0 radical (unpaired) electrons. The fourth-order valence-electron chi connectivity index (χ4n) is 0.839. The lowest BCUT2D eigenvalue weighted by molar-refractivity contribution is 0.00578. The second kappa shape index (κ2) is 3.26. The third-order valence-electron chi connectivity index (χ3n) is 2.38. The Balaban J connectivity index is 2.80. The van der Waals surface area contributed by atoms with E-state index in [1.165, 1.54) is 0 Å². The van der Waals surface area contributed by atoms with Gasteiger partial charge in [-0.25, -0.2) is 0 Å². The highest BCUT2D eigenvalue weighted by molar-refractivity contribution is 7.85. The van der Waals surface area contributed by atoms with E-state index >= 15 is 0 Å². The van der Waals surface area contributed by atoms with Crippen LogP contribution in [0, 0.1) is 0 Å². The summed E-state index contributed by atoms with van der Waals surface area (Å²) in [4.78, 5) is 0. The van der Waals surface area contributed by atoms with E-state index in [0.717, 1.165) is 6.26 Å². The van der Waals surface area contributed by atoms with Crippen molar-refractivity contribution >= 4 is 16.2 Å². The fraction of sp³-hybridized carbons (Fsp3) is 0.875. The summed E-state index contributed by atoms with van der Waals surface area (Å²) >= 11 is 0. The largest absolute Gasteiger partial charge is 0.438 e. The summed E-state index contributed by atoms with van der Waals surface area (Å²) in [7, 11) is -3.63. The van der Waals surface area contributed by atoms with Crippen molar-refractivity contribution in [2.75, 3.05) is 6.26 Å². The number of hydrogen-bond acceptors (Lipinski definition) is 6. The highest BCUT2D eigenvalue weighted by Crippen LogP contribution is 2.35. The van der Waals surface area contributed by atoms with Gasteiger partial charge in [-0.05, 0) is 27.7 Å². The van der Waals surface area contributed by atoms with Crippen molar-refractivity contribution in [3.05, 3.63) is 0 Å². The molecule has 1 aliphatic heterocycles. The number of ether oxygens (including phenoxy) is 2. The van der Waals surface area contributed by atoms with Gasteiger partial charge in [-0.1, -0.05) is 0 Å². The summed E-state index contributed by atoms with van der Waals surface area (Å²) in [6.07, 6.45) is 0.720. The molecule has 1 fully saturated rings. The van der Waals surface area contributed by atoms with E-state index < -0.39 is 21.3 Å². The zero-order valence-electron chi connectivity index (χ0n) is 9.40. The van der Waals surface area contributed by atoms with Crippen molar-refractivity contribution in [3.8, 4) is 0 Å². The molecule has 88 valence electrons. The Bertz CT molecular complexity index is 364. The molecule has 0 N–H and O–H groups in total. The second-order valence-electron chi connectivity index (χ2n) is 4.36. The predicted octanol–water partition coefficient (Wildman–Crippen LogP) is 0.838. The van der Waals surface area contributed by atoms with Crippen LogP contribution in [0.15, 0.2) is 5.16 Å². The van der Waals surface area contributed by atoms with Gasteiger partial charge in [0, 0.05) is 5.16 Å². The summed E-state index contributed by atoms with van der Waals surface area (Å²) in [5.74, 6) is 0. The molecule has 0 unspecified atom stereocenters. The van der Waals surface area contributed by atoms with E-state index in [4.69, 9.17) is 9.47 Å². The first-order valence-electron chi connectivity index (χ1n) is 4.38. The molecular weight excluding hydrogens is 222 g/mol. The molecule has 0 aromatic heterocycles. The molecule has 1 saturated heterocycles. The van der Waals surface area contributed by atoms with Crippen molar-refractivity contribution in [1.82, 2.24) is 0 Å². The quantitative estimate of drug-likeness (QED) is 0.665. The minimum absolute atomic E-state index is 0.171. The highest BCUT2D eigenvalue weighted by atomic mass is 32.2. The van der Waals surface area contributed by atoms with Gasteiger partial charge in [0.25, 0.3) is 0 Å². The van der Waals surface area contributed by atoms with Crippen LogP contribution >= 0.6 is 0 Å². The second-order valence-corrected chi connectivity index (χ2v) is 5.92. The molecule has 0 amide bonds. The Kier molecular flexibility index (Phi) is 2.63. The maximum atomic E-state index is 10.7. The summed E-state index contributed by atoms with van der Waals surface area (Å²) in [6.45, 7) is 7.26. The molecule has 15 heavy (non-hydrogen) atoms. The van der Waals surface area contributed by atoms with Crippen LogP contribution < -0.4 is 0 Å². The molecule has 6 nitrogen and oxygen atoms in total. The van der Waals surface area contributed by atoms with Gasteiger partial charge in [0.05, 0.1) is 6.26 Å². The minimum Gasteiger partial charge on any atom is -0.438 e. The Labute approximate surface area is 89.3 Å². The first-order valence-corrected chi connectivity index (χ1v) is 6.20. The van der Waals surface area contributed by atoms with Gasteiger partial charge in [0.15, 0.2) is 0 Å². The molecule has 7 heteroatoms. The molecule has 1 rings (SSSR count). The Morgan fingerprint density at radius 1 is 1.13 bits per heavy atom. The Morgan fingerprint density at radius 2 is 1.53 bits per heavy atom. The lowest BCUT2D eigenvalue weighted by Gasteiger charge is -2.28. The third kappa shape index (κ3) is 2.74. The Hall–Kier alpha value is -0.980. The molecule has 0 spiro atoms. The lowest BCUT2D eigenvalue weighted by Crippen LogP contribution is -2.41. The topological polar surface area (TPSA) is 74.2 Å². The first kappa shape index (κ1) is 12.1. The number of hydrogen-bond donors (Lipinski definition) is 0. The van der Waals surface area contributed by atoms with Gasteiger partial charge in [-0.2, -0.15) is 8.42 Å². The van der Waals surface area contributed by atoms with Crippen LogP contribution in [0.5, 0.6) is 0 Å². The van der Waals surface area contributed by atoms with Crippen LogP contribution in [0.1, 0.15) is 27.7 Å². The summed E-state index contributed by atoms with van der Waals surface area (Å²) in [5.41, 5.74) is -1.18. The summed E-state index contributed by atoms with van der Waals surface area (Å²) in [6, 6.07) is 0. The molecule has 0 aromatic carbocycles. The van der Waals surface area contributed by atoms with Crippen LogP contribution in [-0.2, 0) is 23.9 Å². The molecule has 1 aliphatic rings. The maximum absolute atomic E-state index is 10.7. The highest BCUT2D eigenvalue weighted by Gasteiger charge is 2.50. The molecule has 0 aromatic rings. The zero-order valence-corrected chi connectivity index (χ0v) is 10.2. The van der Waals surface area contributed by atoms with E-state index in [2.05, 4.69) is 9.44 Å². The zero-order chi connectivity index (χ0) is 11.9. The summed E-state index contributed by atoms with van der Waals surface area (Å²) < 4.78 is 36.1. The van der Waals surface area contributed by atoms with Crippen LogP contribution in [0.3, 0.4) is 0 Å². The maximum Gasteiger partial charge on any atom is 0.424 e. The van der Waals surface area contributed by atoms with E-state index in [9.17, 15) is 8.42 Å². The molecule has 0 atom stereocenters. The van der Waals surface area contributed by atoms with Crippen LogP contribution in [0.4, 0.5) is 0 Å². The Morgan fingerprint density at radius 3 is 1.87 bits per heavy atom. The van der Waals surface area contributed by atoms with E-state index in [1.54, 1.807) is 0 Å². The average molecular weight is 237 g/mol. The molecule has 0 bridgehead atoms. The van der Waals surface area contributed by atoms with Gasteiger partial charge < -0.3 is 9.47 Å². The normalized spacial score (nSPS) is 22.9. The standard InChI is InChI=1S/C8H15NO5S/c1-7(2)8(3,4)13-6(12-7)9-14-15(5,10)11/h1-5H3. The van der Waals surface area contributed by atoms with E-state index in [-0.39, 0.29) is 6.08 Å². The van der Waals surface area contributed by atoms with E-state index in [1.807, 2.05) is 27.7 Å². The SMILES string of the molecule is CC1(C)OC(=NOS(C)(=O)=O)OC1(C)C. The van der Waals surface area contributed by atoms with Crippen molar-refractivity contribution in [2.45, 2.75) is 38.9 Å². The van der Waals surface area contributed by atoms with Gasteiger partial charge in [-0.3, -0.25) is 4.28 Å². The van der Waals surface area contributed by atoms with Crippen molar-refractivity contribution in [2.24, 2.45) is 5.16 Å². The first-order chi connectivity index (χ1) is 6.54. The van der Waals surface area contributed by atoms with Crippen LogP contribution in [0.2, 0.25) is 0 Å². The number of nitrogens with zero attached hydrogens (tertiary/aromatic N) is 1. The van der Waals surface area contributed by atoms with Gasteiger partial charge in [-0.15, -0.1) is 0 Å². The minimum atomic E-state index is -3.63. The smallest absolute Gasteiger partial charge is 0.424 e. The van der Waals surface area contributed by atoms with Gasteiger partial charge in [0.2, 0.25) is 0 Å². The molecule has 1 heterocycles. The number of oxime groups is 1. The summed E-state index contributed by atoms with van der Waals surface area (Å²) in [5, 5.41) is 3.27. The van der Waals surface area contributed by atoms with E-state index in [0.29, 0.717) is 0 Å². The predicted molar refractivity (Wildman–Crippen MR) is 53.7 cm³/mol. The number of rotatable bonds is 2. The lowest BCUT2D eigenvalue weighted by atomic mass is 9.90. The monoisotopic (exact) mass is 237 g/mol. The molecular formula is C8H15NO5S. The van der Waals surface area contributed by atoms with Crippen LogP contribution in [0.25, 0.3) is 0 Å². The third-order valence-corrected chi connectivity index (χ3v) is 2.73. The molecule has 0 saturated carbocycles. The van der Waals surface area contributed by atoms with Crippen molar-refractivity contribution < 1.29 is 22.2 Å². The van der Waals surface area contributed by atoms with Crippen LogP contribution in [-0.4, -0.2) is 32.0 Å². The average Bonchev–Trinajstić information content (AvgIpc) is 2.16. The van der Waals surface area contributed by atoms with Crippen molar-refractivity contribution in [3.63, 3.8) is 0 Å². The van der Waals surface area contributed by atoms with Crippen molar-refractivity contribution in [1.29, 1.82) is 0 Å².